The van der Waals surface area contributed by atoms with Crippen molar-refractivity contribution in [3.05, 3.63) is 34.8 Å². The van der Waals surface area contributed by atoms with E-state index in [2.05, 4.69) is 4.90 Å². The normalized spacial score (nSPS) is 23.6. The van der Waals surface area contributed by atoms with Crippen LogP contribution in [0.4, 0.5) is 0 Å². The van der Waals surface area contributed by atoms with E-state index in [1.165, 1.54) is 32.1 Å². The van der Waals surface area contributed by atoms with Crippen molar-refractivity contribution in [3.8, 4) is 0 Å². The summed E-state index contributed by atoms with van der Waals surface area (Å²) in [6.45, 7) is 2.38. The first-order chi connectivity index (χ1) is 12.2. The smallest absolute Gasteiger partial charge is 0.408 e. The Morgan fingerprint density at radius 3 is 2.80 bits per heavy atom. The lowest BCUT2D eigenvalue weighted by Crippen LogP contribution is -2.44. The fourth-order valence-electron chi connectivity index (χ4n) is 4.60. The number of amides is 1. The van der Waals surface area contributed by atoms with Crippen LogP contribution in [0.3, 0.4) is 0 Å². The average molecular weight is 342 g/mol. The van der Waals surface area contributed by atoms with E-state index >= 15 is 0 Å². The van der Waals surface area contributed by atoms with Gasteiger partial charge < -0.3 is 9.32 Å². The Labute approximate surface area is 147 Å². The molecule has 1 aliphatic heterocycles. The Hall–Kier alpha value is -2.04. The predicted octanol–water partition coefficient (Wildman–Crippen LogP) is 3.41. The average Bonchev–Trinajstić information content (AvgIpc) is 2.96. The summed E-state index contributed by atoms with van der Waals surface area (Å²) in [5.41, 5.74) is 1.42. The van der Waals surface area contributed by atoms with E-state index in [-0.39, 0.29) is 11.7 Å². The first-order valence-electron chi connectivity index (χ1n) is 9.58. The molecular formula is C20H26N2O3. The highest BCUT2D eigenvalue weighted by Crippen LogP contribution is 2.36. The summed E-state index contributed by atoms with van der Waals surface area (Å²) < 4.78 is 6.88. The van der Waals surface area contributed by atoms with Gasteiger partial charge in [-0.3, -0.25) is 9.36 Å². The van der Waals surface area contributed by atoms with E-state index in [0.29, 0.717) is 30.9 Å². The molecular weight excluding hydrogens is 316 g/mol. The van der Waals surface area contributed by atoms with Crippen molar-refractivity contribution in [3.63, 3.8) is 0 Å². The zero-order valence-electron chi connectivity index (χ0n) is 14.7. The van der Waals surface area contributed by atoms with Crippen LogP contribution in [0.2, 0.25) is 0 Å². The van der Waals surface area contributed by atoms with Gasteiger partial charge in [0.1, 0.15) is 0 Å². The number of aryl methyl sites for hydroxylation is 1. The zero-order chi connectivity index (χ0) is 17.2. The minimum atomic E-state index is -0.336. The van der Waals surface area contributed by atoms with Crippen LogP contribution in [0.1, 0.15) is 44.9 Å². The largest absolute Gasteiger partial charge is 0.419 e. The molecule has 2 atom stereocenters. The Morgan fingerprint density at radius 2 is 1.92 bits per heavy atom. The Bertz CT molecular complexity index is 807. The number of oxazole rings is 1. The fraction of sp³-hybridized carbons (Fsp3) is 0.600. The number of hydrogen-bond donors (Lipinski definition) is 0. The Balaban J connectivity index is 1.33. The topological polar surface area (TPSA) is 55.5 Å². The molecule has 2 aliphatic rings. The maximum Gasteiger partial charge on any atom is 0.419 e. The van der Waals surface area contributed by atoms with Gasteiger partial charge in [-0.2, -0.15) is 0 Å². The van der Waals surface area contributed by atoms with Gasteiger partial charge in [0, 0.05) is 26.1 Å². The standard InChI is InChI=1S/C20H26N2O3/c23-19(21-13-11-15-6-1-2-7-16(15)14-21)10-5-12-22-17-8-3-4-9-18(17)25-20(22)24/h3-4,8-9,15-16H,1-2,5-7,10-14H2/t15-,16+/m1/s1. The van der Waals surface area contributed by atoms with Gasteiger partial charge in [0.2, 0.25) is 5.91 Å². The summed E-state index contributed by atoms with van der Waals surface area (Å²) in [7, 11) is 0. The third-order valence-corrected chi connectivity index (χ3v) is 5.99. The number of nitrogens with zero attached hydrogens (tertiary/aromatic N) is 2. The van der Waals surface area contributed by atoms with Crippen molar-refractivity contribution >= 4 is 17.0 Å². The minimum absolute atomic E-state index is 0.241. The van der Waals surface area contributed by atoms with Crippen molar-refractivity contribution < 1.29 is 9.21 Å². The summed E-state index contributed by atoms with van der Waals surface area (Å²) >= 11 is 0. The molecule has 5 nitrogen and oxygen atoms in total. The van der Waals surface area contributed by atoms with Gasteiger partial charge in [-0.1, -0.05) is 31.4 Å². The van der Waals surface area contributed by atoms with Crippen LogP contribution in [-0.2, 0) is 11.3 Å². The zero-order valence-corrected chi connectivity index (χ0v) is 14.7. The van der Waals surface area contributed by atoms with E-state index in [9.17, 15) is 9.59 Å². The lowest BCUT2D eigenvalue weighted by Gasteiger charge is -2.41. The molecule has 5 heteroatoms. The molecule has 25 heavy (non-hydrogen) atoms. The summed E-state index contributed by atoms with van der Waals surface area (Å²) in [6, 6.07) is 7.43. The molecule has 1 aliphatic carbocycles. The lowest BCUT2D eigenvalue weighted by atomic mass is 9.75. The van der Waals surface area contributed by atoms with Gasteiger partial charge in [-0.15, -0.1) is 0 Å². The number of benzene rings is 1. The predicted molar refractivity (Wildman–Crippen MR) is 96.4 cm³/mol. The summed E-state index contributed by atoms with van der Waals surface area (Å²) in [6.07, 6.45) is 7.66. The van der Waals surface area contributed by atoms with E-state index in [1.807, 2.05) is 18.2 Å². The Morgan fingerprint density at radius 1 is 1.12 bits per heavy atom. The van der Waals surface area contributed by atoms with Crippen molar-refractivity contribution in [1.29, 1.82) is 0 Å². The van der Waals surface area contributed by atoms with Gasteiger partial charge in [0.15, 0.2) is 5.58 Å². The molecule has 0 bridgehead atoms. The van der Waals surface area contributed by atoms with Gasteiger partial charge in [-0.05, 0) is 43.2 Å². The number of piperidine rings is 1. The van der Waals surface area contributed by atoms with Crippen LogP contribution in [0.5, 0.6) is 0 Å². The van der Waals surface area contributed by atoms with Crippen LogP contribution in [0.15, 0.2) is 33.5 Å². The van der Waals surface area contributed by atoms with E-state index in [0.717, 1.165) is 24.5 Å². The first kappa shape index (κ1) is 16.4. The van der Waals surface area contributed by atoms with E-state index in [1.54, 1.807) is 10.6 Å². The van der Waals surface area contributed by atoms with Crippen molar-refractivity contribution in [2.45, 2.75) is 51.5 Å². The molecule has 0 radical (unpaired) electrons. The minimum Gasteiger partial charge on any atom is -0.408 e. The van der Waals surface area contributed by atoms with Gasteiger partial charge >= 0.3 is 5.76 Å². The molecule has 1 aromatic heterocycles. The molecule has 4 rings (SSSR count). The van der Waals surface area contributed by atoms with Gasteiger partial charge in [-0.25, -0.2) is 4.79 Å². The third kappa shape index (κ3) is 3.37. The summed E-state index contributed by atoms with van der Waals surface area (Å²) in [5.74, 6) is 1.46. The molecule has 1 saturated carbocycles. The Kier molecular flexibility index (Phi) is 4.64. The quantitative estimate of drug-likeness (QED) is 0.855. The fourth-order valence-corrected chi connectivity index (χ4v) is 4.60. The number of aromatic nitrogens is 1. The molecule has 134 valence electrons. The number of para-hydroxylation sites is 2. The van der Waals surface area contributed by atoms with Crippen LogP contribution in [0, 0.1) is 11.8 Å². The molecule has 0 N–H and O–H groups in total. The van der Waals surface area contributed by atoms with Crippen LogP contribution >= 0.6 is 0 Å². The monoisotopic (exact) mass is 342 g/mol. The lowest BCUT2D eigenvalue weighted by molar-refractivity contribution is -0.134. The summed E-state index contributed by atoms with van der Waals surface area (Å²) in [4.78, 5) is 26.6. The van der Waals surface area contributed by atoms with E-state index in [4.69, 9.17) is 4.42 Å². The molecule has 2 heterocycles. The highest BCUT2D eigenvalue weighted by molar-refractivity contribution is 5.76. The van der Waals surface area contributed by atoms with Crippen LogP contribution in [-0.4, -0.2) is 28.5 Å². The molecule has 0 unspecified atom stereocenters. The first-order valence-corrected chi connectivity index (χ1v) is 9.58. The number of hydrogen-bond acceptors (Lipinski definition) is 3. The molecule has 1 saturated heterocycles. The maximum atomic E-state index is 12.6. The van der Waals surface area contributed by atoms with Crippen molar-refractivity contribution in [1.82, 2.24) is 9.47 Å². The van der Waals surface area contributed by atoms with Crippen LogP contribution < -0.4 is 5.76 Å². The number of fused-ring (bicyclic) bond motifs is 2. The number of carbonyl (C=O) groups is 1. The maximum absolute atomic E-state index is 12.6. The second-order valence-corrected chi connectivity index (χ2v) is 7.52. The third-order valence-electron chi connectivity index (χ3n) is 5.99. The second kappa shape index (κ2) is 7.06. The highest BCUT2D eigenvalue weighted by atomic mass is 16.4. The second-order valence-electron chi connectivity index (χ2n) is 7.52. The molecule has 1 amide bonds. The molecule has 1 aromatic carbocycles. The van der Waals surface area contributed by atoms with Gasteiger partial charge in [0.25, 0.3) is 0 Å². The van der Waals surface area contributed by atoms with Crippen LogP contribution in [0.25, 0.3) is 11.1 Å². The molecule has 2 fully saturated rings. The molecule has 0 spiro atoms. The molecule has 2 aromatic rings. The number of rotatable bonds is 4. The summed E-state index contributed by atoms with van der Waals surface area (Å²) in [5, 5.41) is 0. The highest BCUT2D eigenvalue weighted by Gasteiger charge is 2.32. The van der Waals surface area contributed by atoms with Crippen molar-refractivity contribution in [2.24, 2.45) is 11.8 Å². The van der Waals surface area contributed by atoms with Gasteiger partial charge in [0.05, 0.1) is 5.52 Å². The number of carbonyl (C=O) groups excluding carboxylic acids is 1. The van der Waals surface area contributed by atoms with Crippen molar-refractivity contribution in [2.75, 3.05) is 13.1 Å². The number of likely N-dealkylation sites (tertiary alicyclic amines) is 1. The SMILES string of the molecule is O=C(CCCn1c(=O)oc2ccccc21)N1CC[C@H]2CCCC[C@H]2C1. The van der Waals surface area contributed by atoms with E-state index < -0.39 is 0 Å².